The highest BCUT2D eigenvalue weighted by molar-refractivity contribution is 5.92. The molecular weight excluding hydrogens is 558 g/mol. The molecule has 10 heteroatoms. The monoisotopic (exact) mass is 597 g/mol. The van der Waals surface area contributed by atoms with Gasteiger partial charge in [0, 0.05) is 38.0 Å². The number of ether oxygens (including phenoxy) is 1. The van der Waals surface area contributed by atoms with Crippen molar-refractivity contribution in [2.24, 2.45) is 0 Å². The summed E-state index contributed by atoms with van der Waals surface area (Å²) in [5.41, 5.74) is 3.87. The van der Waals surface area contributed by atoms with E-state index in [1.54, 1.807) is 39.1 Å². The number of phenolic OH excluding ortho intramolecular Hbond substituents is 1. The maximum Gasteiger partial charge on any atom is 0.332 e. The average Bonchev–Trinajstić information content (AvgIpc) is 3.57. The number of hydrazine groups is 1. The smallest absolute Gasteiger partial charge is 0.332 e. The molecule has 0 aliphatic carbocycles. The maximum atomic E-state index is 14.2. The number of phenols is 1. The average molecular weight is 598 g/mol. The Balaban J connectivity index is 1.30. The number of benzene rings is 3. The van der Waals surface area contributed by atoms with E-state index in [4.69, 9.17) is 4.74 Å². The third-order valence-electron chi connectivity index (χ3n) is 8.56. The molecule has 0 saturated carbocycles. The van der Waals surface area contributed by atoms with Gasteiger partial charge < -0.3 is 25.0 Å². The molecule has 0 aromatic heterocycles. The molecule has 3 heterocycles. The molecule has 230 valence electrons. The van der Waals surface area contributed by atoms with Gasteiger partial charge in [0.15, 0.2) is 0 Å². The SMILES string of the molecule is CCCN(C(=O)NCc1ccccc1)N1CC(=O)N2C(Cc3ccc(O)cc3)C(=O)N(Cc3cccc4c3OC(C)C4)CC21. The van der Waals surface area contributed by atoms with Crippen molar-refractivity contribution in [3.8, 4) is 11.5 Å². The number of carbonyl (C=O) groups is 3. The molecule has 2 fully saturated rings. The molecule has 3 atom stereocenters. The Kier molecular flexibility index (Phi) is 8.43. The fourth-order valence-electron chi connectivity index (χ4n) is 6.50. The van der Waals surface area contributed by atoms with E-state index in [2.05, 4.69) is 11.4 Å². The number of piperazine rings is 1. The molecule has 0 radical (unpaired) electrons. The summed E-state index contributed by atoms with van der Waals surface area (Å²) in [5.74, 6) is 0.623. The second kappa shape index (κ2) is 12.6. The number of aromatic hydroxyl groups is 1. The van der Waals surface area contributed by atoms with E-state index < -0.39 is 12.2 Å². The molecule has 0 spiro atoms. The van der Waals surface area contributed by atoms with E-state index in [1.165, 1.54) is 0 Å². The van der Waals surface area contributed by atoms with Gasteiger partial charge in [-0.1, -0.05) is 67.6 Å². The molecule has 10 nitrogen and oxygen atoms in total. The van der Waals surface area contributed by atoms with Gasteiger partial charge in [-0.3, -0.25) is 14.6 Å². The predicted molar refractivity (Wildman–Crippen MR) is 164 cm³/mol. The molecule has 3 aliphatic rings. The Morgan fingerprint density at radius 2 is 1.80 bits per heavy atom. The summed E-state index contributed by atoms with van der Waals surface area (Å²) in [7, 11) is 0. The van der Waals surface area contributed by atoms with Gasteiger partial charge in [-0.05, 0) is 42.2 Å². The lowest BCUT2D eigenvalue weighted by atomic mass is 9.99. The highest BCUT2D eigenvalue weighted by Gasteiger charge is 2.52. The first kappa shape index (κ1) is 29.5. The molecule has 3 aliphatic heterocycles. The summed E-state index contributed by atoms with van der Waals surface area (Å²) in [6.07, 6.45) is 1.36. The van der Waals surface area contributed by atoms with Gasteiger partial charge in [-0.2, -0.15) is 5.01 Å². The summed E-state index contributed by atoms with van der Waals surface area (Å²) in [5, 5.41) is 16.3. The van der Waals surface area contributed by atoms with E-state index in [-0.39, 0.29) is 42.8 Å². The van der Waals surface area contributed by atoms with Gasteiger partial charge in [0.05, 0.1) is 13.1 Å². The van der Waals surface area contributed by atoms with Crippen LogP contribution in [0.3, 0.4) is 0 Å². The van der Waals surface area contributed by atoms with Crippen molar-refractivity contribution >= 4 is 17.8 Å². The van der Waals surface area contributed by atoms with Crippen LogP contribution < -0.4 is 10.1 Å². The zero-order valence-electron chi connectivity index (χ0n) is 25.2. The summed E-state index contributed by atoms with van der Waals surface area (Å²) in [4.78, 5) is 44.9. The first-order valence-corrected chi connectivity index (χ1v) is 15.3. The van der Waals surface area contributed by atoms with E-state index in [9.17, 15) is 19.5 Å². The highest BCUT2D eigenvalue weighted by atomic mass is 16.5. The van der Waals surface area contributed by atoms with Crippen molar-refractivity contribution in [2.45, 2.75) is 64.5 Å². The van der Waals surface area contributed by atoms with Gasteiger partial charge >= 0.3 is 6.03 Å². The first-order valence-electron chi connectivity index (χ1n) is 15.3. The van der Waals surface area contributed by atoms with E-state index in [1.807, 2.05) is 61.3 Å². The van der Waals surface area contributed by atoms with Crippen LogP contribution in [-0.2, 0) is 35.5 Å². The summed E-state index contributed by atoms with van der Waals surface area (Å²) in [6.45, 7) is 5.40. The number of nitrogens with one attached hydrogen (secondary N) is 1. The van der Waals surface area contributed by atoms with Gasteiger partial charge in [-0.15, -0.1) is 0 Å². The lowest BCUT2D eigenvalue weighted by Crippen LogP contribution is -2.66. The molecule has 2 N–H and O–H groups in total. The fourth-order valence-corrected chi connectivity index (χ4v) is 6.50. The number of amides is 4. The number of urea groups is 1. The minimum atomic E-state index is -0.761. The van der Waals surface area contributed by atoms with Crippen molar-refractivity contribution < 1.29 is 24.2 Å². The molecular formula is C34H39N5O5. The number of carbonyl (C=O) groups excluding carboxylic acids is 3. The van der Waals surface area contributed by atoms with Gasteiger partial charge in [0.1, 0.15) is 29.8 Å². The van der Waals surface area contributed by atoms with Crippen LogP contribution in [0, 0.1) is 0 Å². The zero-order chi connectivity index (χ0) is 30.8. The van der Waals surface area contributed by atoms with Crippen LogP contribution in [-0.4, -0.2) is 80.7 Å². The van der Waals surface area contributed by atoms with Gasteiger partial charge in [-0.25, -0.2) is 4.79 Å². The number of para-hydroxylation sites is 1. The first-order chi connectivity index (χ1) is 21.3. The Morgan fingerprint density at radius 1 is 1.02 bits per heavy atom. The minimum absolute atomic E-state index is 0.00200. The van der Waals surface area contributed by atoms with Crippen LogP contribution in [0.1, 0.15) is 42.5 Å². The van der Waals surface area contributed by atoms with Crippen molar-refractivity contribution in [1.29, 1.82) is 0 Å². The van der Waals surface area contributed by atoms with E-state index in [0.29, 0.717) is 32.5 Å². The van der Waals surface area contributed by atoms with Crippen LogP contribution >= 0.6 is 0 Å². The minimum Gasteiger partial charge on any atom is -0.508 e. The Hall–Kier alpha value is -4.57. The molecule has 3 aromatic rings. The predicted octanol–water partition coefficient (Wildman–Crippen LogP) is 3.68. The second-order valence-electron chi connectivity index (χ2n) is 11.8. The Labute approximate surface area is 257 Å². The van der Waals surface area contributed by atoms with Crippen molar-refractivity contribution in [3.63, 3.8) is 0 Å². The largest absolute Gasteiger partial charge is 0.508 e. The van der Waals surface area contributed by atoms with Crippen LogP contribution in [0.5, 0.6) is 11.5 Å². The van der Waals surface area contributed by atoms with E-state index >= 15 is 0 Å². The summed E-state index contributed by atoms with van der Waals surface area (Å²) >= 11 is 0. The van der Waals surface area contributed by atoms with Crippen molar-refractivity contribution in [1.82, 2.24) is 25.1 Å². The van der Waals surface area contributed by atoms with Crippen LogP contribution in [0.25, 0.3) is 0 Å². The third kappa shape index (κ3) is 5.94. The Morgan fingerprint density at radius 3 is 2.55 bits per heavy atom. The number of fused-ring (bicyclic) bond motifs is 2. The number of hydrogen-bond acceptors (Lipinski definition) is 6. The van der Waals surface area contributed by atoms with Crippen molar-refractivity contribution in [3.05, 3.63) is 95.1 Å². The lowest BCUT2D eigenvalue weighted by molar-refractivity contribution is -0.157. The van der Waals surface area contributed by atoms with Gasteiger partial charge in [0.2, 0.25) is 11.8 Å². The third-order valence-corrected chi connectivity index (χ3v) is 8.56. The fraction of sp³-hybridized carbons (Fsp3) is 0.382. The number of nitrogens with zero attached hydrogens (tertiary/aromatic N) is 4. The molecule has 2 saturated heterocycles. The quantitative estimate of drug-likeness (QED) is 0.390. The molecule has 3 aromatic carbocycles. The maximum absolute atomic E-state index is 14.2. The summed E-state index contributed by atoms with van der Waals surface area (Å²) in [6, 6.07) is 21.4. The highest BCUT2D eigenvalue weighted by Crippen LogP contribution is 2.35. The van der Waals surface area contributed by atoms with Crippen LogP contribution in [0.4, 0.5) is 4.79 Å². The topological polar surface area (TPSA) is 106 Å². The van der Waals surface area contributed by atoms with Crippen LogP contribution in [0.2, 0.25) is 0 Å². The molecule has 44 heavy (non-hydrogen) atoms. The van der Waals surface area contributed by atoms with Gasteiger partial charge in [0.25, 0.3) is 0 Å². The standard InChI is InChI=1S/C34H39N5O5/c1-3-16-37(34(43)35-19-25-8-5-4-6-9-25)38-22-31(41)39-29(18-24-12-14-28(40)15-13-24)33(42)36(21-30(38)39)20-27-11-7-10-26-17-23(2)44-32(26)27/h4-15,23,29-30,40H,3,16-22H2,1-2H3,(H,35,43). The molecule has 0 bridgehead atoms. The normalized spacial score (nSPS) is 21.2. The van der Waals surface area contributed by atoms with Crippen LogP contribution in [0.15, 0.2) is 72.8 Å². The lowest BCUT2D eigenvalue weighted by Gasteiger charge is -2.46. The summed E-state index contributed by atoms with van der Waals surface area (Å²) < 4.78 is 6.14. The Bertz CT molecular complexity index is 1510. The molecule has 3 unspecified atom stereocenters. The molecule has 6 rings (SSSR count). The van der Waals surface area contributed by atoms with E-state index in [0.717, 1.165) is 34.4 Å². The number of rotatable bonds is 9. The second-order valence-corrected chi connectivity index (χ2v) is 11.8. The van der Waals surface area contributed by atoms with Crippen molar-refractivity contribution in [2.75, 3.05) is 19.6 Å². The zero-order valence-corrected chi connectivity index (χ0v) is 25.2. The molecule has 4 amide bonds. The number of hydrogen-bond donors (Lipinski definition) is 2.